The van der Waals surface area contributed by atoms with Crippen LogP contribution in [0.5, 0.6) is 5.88 Å². The predicted molar refractivity (Wildman–Crippen MR) is 148 cm³/mol. The van der Waals surface area contributed by atoms with E-state index in [1.165, 1.54) is 6.33 Å². The predicted octanol–water partition coefficient (Wildman–Crippen LogP) is 5.93. The van der Waals surface area contributed by atoms with Gasteiger partial charge in [0, 0.05) is 36.1 Å². The van der Waals surface area contributed by atoms with Gasteiger partial charge in [0.2, 0.25) is 11.7 Å². The van der Waals surface area contributed by atoms with Gasteiger partial charge in [0.25, 0.3) is 0 Å². The number of imidazole rings is 3. The Morgan fingerprint density at radius 1 is 1.02 bits per heavy atom. The summed E-state index contributed by atoms with van der Waals surface area (Å²) in [6.07, 6.45) is 5.47. The third kappa shape index (κ3) is 4.35. The average Bonchev–Trinajstić information content (AvgIpc) is 3.41. The zero-order valence-corrected chi connectivity index (χ0v) is 23.0. The summed E-state index contributed by atoms with van der Waals surface area (Å²) in [5, 5.41) is 0. The summed E-state index contributed by atoms with van der Waals surface area (Å²) < 4.78 is 51.2. The average molecular weight is 574 g/mol. The monoisotopic (exact) mass is 573 g/mol. The van der Waals surface area contributed by atoms with E-state index in [2.05, 4.69) is 24.9 Å². The molecule has 0 saturated heterocycles. The lowest BCUT2D eigenvalue weighted by molar-refractivity contribution is -0.140. The second kappa shape index (κ2) is 9.64. The fourth-order valence-electron chi connectivity index (χ4n) is 5.27. The first-order valence-electron chi connectivity index (χ1n) is 13.6. The molecule has 0 aliphatic heterocycles. The highest BCUT2D eigenvalue weighted by Crippen LogP contribution is 2.45. The molecule has 0 radical (unpaired) electrons. The number of rotatable bonds is 7. The quantitative estimate of drug-likeness (QED) is 0.233. The van der Waals surface area contributed by atoms with Crippen molar-refractivity contribution in [2.24, 2.45) is 0 Å². The lowest BCUT2D eigenvalue weighted by Gasteiger charge is -2.12. The summed E-state index contributed by atoms with van der Waals surface area (Å²) >= 11 is 0. The molecule has 7 rings (SSSR count). The third-order valence-electron chi connectivity index (χ3n) is 7.48. The Hall–Kier alpha value is -4.81. The first-order chi connectivity index (χ1) is 20.2. The van der Waals surface area contributed by atoms with Crippen molar-refractivity contribution in [3.63, 3.8) is 0 Å². The molecule has 13 heteroatoms. The van der Waals surface area contributed by atoms with Crippen LogP contribution in [0, 0.1) is 0 Å². The highest BCUT2D eigenvalue weighted by molar-refractivity contribution is 5.79. The minimum absolute atomic E-state index is 0.189. The molecule has 5 aromatic heterocycles. The first-order valence-corrected chi connectivity index (χ1v) is 13.6. The summed E-state index contributed by atoms with van der Waals surface area (Å²) in [5.74, 6) is 2.19. The van der Waals surface area contributed by atoms with Crippen LogP contribution in [0.1, 0.15) is 55.6 Å². The van der Waals surface area contributed by atoms with Crippen molar-refractivity contribution in [3.8, 4) is 28.7 Å². The molecule has 0 N–H and O–H groups in total. The zero-order valence-electron chi connectivity index (χ0n) is 23.0. The molecule has 0 amide bonds. The summed E-state index contributed by atoms with van der Waals surface area (Å²) in [5.41, 5.74) is 3.64. The Morgan fingerprint density at radius 2 is 1.81 bits per heavy atom. The summed E-state index contributed by atoms with van der Waals surface area (Å²) in [7, 11) is 1.57. The topological polar surface area (TPSA) is 101 Å². The van der Waals surface area contributed by atoms with Gasteiger partial charge >= 0.3 is 6.18 Å². The number of ether oxygens (including phenoxy) is 1. The summed E-state index contributed by atoms with van der Waals surface area (Å²) in [4.78, 5) is 26.9. The van der Waals surface area contributed by atoms with Gasteiger partial charge in [-0.1, -0.05) is 24.3 Å². The number of methoxy groups -OCH3 is 1. The van der Waals surface area contributed by atoms with Gasteiger partial charge in [-0.15, -0.1) is 0 Å². The molecular weight excluding hydrogens is 547 g/mol. The molecule has 1 saturated carbocycles. The fourth-order valence-corrected chi connectivity index (χ4v) is 5.27. The highest BCUT2D eigenvalue weighted by atomic mass is 19.4. The van der Waals surface area contributed by atoms with Crippen molar-refractivity contribution in [2.75, 3.05) is 7.11 Å². The van der Waals surface area contributed by atoms with Crippen molar-refractivity contribution in [3.05, 3.63) is 72.3 Å². The number of hydrogen-bond acceptors (Lipinski definition) is 7. The fraction of sp³-hybridized carbons (Fsp3) is 0.310. The van der Waals surface area contributed by atoms with Crippen LogP contribution in [0.3, 0.4) is 0 Å². The number of hydrogen-bond donors (Lipinski definition) is 0. The second-order valence-corrected chi connectivity index (χ2v) is 10.6. The lowest BCUT2D eigenvalue weighted by Crippen LogP contribution is -2.05. The standard InChI is InChI=1S/C29H26F3N9O/c1-16(2)40-14-21(29(30,31)32)37-25(40)19-6-4-17(5-7-19)13-41-26-20(39-11-10-33-28(39)41)12-34-24(38-26)22-23(18-8-9-18)35-15-36-27(22)42-3/h4-7,10-12,14-16,18H,8-9,13H2,1-3H3. The van der Waals surface area contributed by atoms with E-state index in [4.69, 9.17) is 9.72 Å². The number of alkyl halides is 3. The maximum atomic E-state index is 13.4. The maximum Gasteiger partial charge on any atom is 0.434 e. The number of fused-ring (bicyclic) bond motifs is 3. The molecule has 0 atom stereocenters. The van der Waals surface area contributed by atoms with Crippen LogP contribution in [-0.4, -0.2) is 50.5 Å². The van der Waals surface area contributed by atoms with Crippen LogP contribution in [0.15, 0.2) is 55.4 Å². The second-order valence-electron chi connectivity index (χ2n) is 10.6. The van der Waals surface area contributed by atoms with Crippen LogP contribution in [0.2, 0.25) is 0 Å². The Bertz CT molecular complexity index is 1930. The van der Waals surface area contributed by atoms with Crippen LogP contribution in [0.4, 0.5) is 13.2 Å². The van der Waals surface area contributed by atoms with E-state index < -0.39 is 11.9 Å². The van der Waals surface area contributed by atoms with Crippen LogP contribution in [0.25, 0.3) is 39.7 Å². The van der Waals surface area contributed by atoms with Gasteiger partial charge in [-0.25, -0.2) is 29.9 Å². The number of aromatic nitrogens is 9. The Morgan fingerprint density at radius 3 is 2.50 bits per heavy atom. The molecule has 1 fully saturated rings. The van der Waals surface area contributed by atoms with Crippen LogP contribution < -0.4 is 4.74 Å². The molecular formula is C29H26F3N9O. The van der Waals surface area contributed by atoms with E-state index in [-0.39, 0.29) is 11.9 Å². The van der Waals surface area contributed by atoms with E-state index in [1.54, 1.807) is 36.2 Å². The van der Waals surface area contributed by atoms with Gasteiger partial charge in [-0.3, -0.25) is 8.97 Å². The van der Waals surface area contributed by atoms with Crippen molar-refractivity contribution in [1.82, 2.24) is 43.4 Å². The van der Waals surface area contributed by atoms with Gasteiger partial charge in [0.05, 0.1) is 25.5 Å². The van der Waals surface area contributed by atoms with Gasteiger partial charge in [-0.2, -0.15) is 13.2 Å². The molecule has 1 aromatic carbocycles. The minimum Gasteiger partial charge on any atom is -0.480 e. The molecule has 6 aromatic rings. The Balaban J connectivity index is 1.29. The molecule has 10 nitrogen and oxygen atoms in total. The van der Waals surface area contributed by atoms with Gasteiger partial charge in [-0.05, 0) is 32.3 Å². The smallest absolute Gasteiger partial charge is 0.434 e. The summed E-state index contributed by atoms with van der Waals surface area (Å²) in [6, 6.07) is 7.16. The van der Waals surface area contributed by atoms with E-state index in [0.717, 1.165) is 35.8 Å². The Kier molecular flexibility index (Phi) is 5.99. The van der Waals surface area contributed by atoms with E-state index in [0.29, 0.717) is 46.7 Å². The van der Waals surface area contributed by atoms with Crippen molar-refractivity contribution in [2.45, 2.75) is 51.4 Å². The van der Waals surface area contributed by atoms with E-state index in [1.807, 2.05) is 41.1 Å². The molecule has 5 heterocycles. The SMILES string of the molecule is COc1ncnc(C2CC2)c1-c1ncc2c(n1)n(Cc1ccc(-c3nc(C(F)(F)F)cn3C(C)C)cc1)c1nccn21. The number of nitrogens with zero attached hydrogens (tertiary/aromatic N) is 9. The zero-order chi connectivity index (χ0) is 29.2. The maximum absolute atomic E-state index is 13.4. The molecule has 0 unspecified atom stereocenters. The lowest BCUT2D eigenvalue weighted by atomic mass is 10.1. The molecule has 1 aliphatic rings. The largest absolute Gasteiger partial charge is 0.480 e. The molecule has 0 spiro atoms. The van der Waals surface area contributed by atoms with Gasteiger partial charge in [0.1, 0.15) is 23.2 Å². The third-order valence-corrected chi connectivity index (χ3v) is 7.48. The highest BCUT2D eigenvalue weighted by Gasteiger charge is 2.35. The van der Waals surface area contributed by atoms with Crippen LogP contribution in [-0.2, 0) is 12.7 Å². The molecule has 1 aliphatic carbocycles. The number of halogens is 3. The Labute approximate surface area is 237 Å². The van der Waals surface area contributed by atoms with Gasteiger partial charge < -0.3 is 9.30 Å². The van der Waals surface area contributed by atoms with Crippen LogP contribution >= 0.6 is 0 Å². The number of benzene rings is 1. The molecule has 214 valence electrons. The van der Waals surface area contributed by atoms with E-state index >= 15 is 0 Å². The normalized spacial score (nSPS) is 14.0. The molecule has 42 heavy (non-hydrogen) atoms. The summed E-state index contributed by atoms with van der Waals surface area (Å²) in [6.45, 7) is 4.08. The van der Waals surface area contributed by atoms with Gasteiger partial charge in [0.15, 0.2) is 17.2 Å². The minimum atomic E-state index is -4.52. The van der Waals surface area contributed by atoms with Crippen molar-refractivity contribution in [1.29, 1.82) is 0 Å². The van der Waals surface area contributed by atoms with E-state index in [9.17, 15) is 13.2 Å². The van der Waals surface area contributed by atoms with Crippen molar-refractivity contribution < 1.29 is 17.9 Å². The van der Waals surface area contributed by atoms with Crippen molar-refractivity contribution >= 4 is 16.9 Å². The first kappa shape index (κ1) is 26.1. The molecule has 0 bridgehead atoms.